The van der Waals surface area contributed by atoms with Crippen LogP contribution in [0.2, 0.25) is 0 Å². The summed E-state index contributed by atoms with van der Waals surface area (Å²) >= 11 is 0. The van der Waals surface area contributed by atoms with Gasteiger partial charge < -0.3 is 52.8 Å². The van der Waals surface area contributed by atoms with E-state index in [4.69, 9.17) is 49.2 Å². The summed E-state index contributed by atoms with van der Waals surface area (Å²) in [6, 6.07) is 32.1. The largest absolute Gasteiger partial charge is 0.511 e. The van der Waals surface area contributed by atoms with Crippen LogP contribution in [-0.4, -0.2) is 70.8 Å². The minimum atomic E-state index is -0.816. The first-order chi connectivity index (χ1) is 38.8. The van der Waals surface area contributed by atoms with Crippen molar-refractivity contribution in [2.45, 2.75) is 125 Å². The highest BCUT2D eigenvalue weighted by atomic mass is 16.8. The molecule has 2 N–H and O–H groups in total. The van der Waals surface area contributed by atoms with Gasteiger partial charge in [0.25, 0.3) is 0 Å². The van der Waals surface area contributed by atoms with Crippen molar-refractivity contribution in [1.29, 1.82) is 0 Å². The second-order valence-electron chi connectivity index (χ2n) is 20.2. The Morgan fingerprint density at radius 3 is 1.70 bits per heavy atom. The van der Waals surface area contributed by atoms with E-state index >= 15 is 0 Å². The molecule has 0 atom stereocenters. The fourth-order valence-electron chi connectivity index (χ4n) is 9.76. The van der Waals surface area contributed by atoms with Crippen LogP contribution < -0.4 is 18.9 Å². The Morgan fingerprint density at radius 1 is 0.525 bits per heavy atom. The van der Waals surface area contributed by atoms with Crippen LogP contribution in [0.5, 0.6) is 34.5 Å². The predicted molar refractivity (Wildman–Crippen MR) is 320 cm³/mol. The molecular weight excluding hydrogens is 1010 g/mol. The molecule has 0 radical (unpaired) electrons. The number of allylic oxidation sites excluding steroid dienone is 2. The Balaban J connectivity index is 1.41. The standard InChI is InChI=1S/C68H84O12/c1-11-15-17-22-51-37-60(70)67(63(40-51)77-43-73-10)58-35-53(42-76-61-38-50(20-13-3)39-62(79-45-80-68(71)75-14-4)65(61)54-24-19-21-47(7)33-54)28-30-56(58)48(8)25-26-49-27-29-55(46(5)6)57(34-49)66-59(69)36-52(23-18-16-12-2)41-64(66)78-44-74-32-31-72-9/h19,21,24,27-30,33-41,69-70H,5,8,11-18,20,22-23,25-26,31-32,42-45H2,1-4,6-7,9-10H3. The fourth-order valence-corrected chi connectivity index (χ4v) is 9.76. The van der Waals surface area contributed by atoms with E-state index in [2.05, 4.69) is 51.6 Å². The van der Waals surface area contributed by atoms with Crippen molar-refractivity contribution in [1.82, 2.24) is 0 Å². The monoisotopic (exact) mass is 1090 g/mol. The first kappa shape index (κ1) is 62.0. The van der Waals surface area contributed by atoms with Crippen molar-refractivity contribution in [3.63, 3.8) is 0 Å². The van der Waals surface area contributed by atoms with Gasteiger partial charge in [-0.3, -0.25) is 0 Å². The van der Waals surface area contributed by atoms with Crippen LogP contribution in [0.4, 0.5) is 4.79 Å². The third kappa shape index (κ3) is 17.6. The average Bonchev–Trinajstić information content (AvgIpc) is 3.47. The summed E-state index contributed by atoms with van der Waals surface area (Å²) < 4.78 is 52.3. The van der Waals surface area contributed by atoms with Crippen LogP contribution in [0.1, 0.15) is 130 Å². The third-order valence-corrected chi connectivity index (χ3v) is 13.8. The molecule has 6 aromatic rings. The van der Waals surface area contributed by atoms with Gasteiger partial charge in [-0.1, -0.05) is 132 Å². The Morgan fingerprint density at radius 2 is 1.10 bits per heavy atom. The lowest BCUT2D eigenvalue weighted by molar-refractivity contribution is -0.00831. The van der Waals surface area contributed by atoms with E-state index < -0.39 is 6.16 Å². The zero-order chi connectivity index (χ0) is 57.4. The number of aryl methyl sites for hydroxylation is 5. The second kappa shape index (κ2) is 32.1. The molecule has 80 heavy (non-hydrogen) atoms. The summed E-state index contributed by atoms with van der Waals surface area (Å²) in [6.07, 6.45) is 9.83. The van der Waals surface area contributed by atoms with E-state index in [0.29, 0.717) is 65.7 Å². The molecule has 0 unspecified atom stereocenters. The zero-order valence-electron chi connectivity index (χ0n) is 48.6. The van der Waals surface area contributed by atoms with Gasteiger partial charge in [-0.05, 0) is 169 Å². The van der Waals surface area contributed by atoms with Gasteiger partial charge in [0.2, 0.25) is 6.79 Å². The van der Waals surface area contributed by atoms with Gasteiger partial charge in [0.05, 0.1) is 36.5 Å². The highest BCUT2D eigenvalue weighted by molar-refractivity contribution is 5.89. The molecule has 0 bridgehead atoms. The van der Waals surface area contributed by atoms with Gasteiger partial charge in [-0.15, -0.1) is 0 Å². The zero-order valence-corrected chi connectivity index (χ0v) is 48.6. The van der Waals surface area contributed by atoms with Gasteiger partial charge in [-0.25, -0.2) is 4.79 Å². The highest BCUT2D eigenvalue weighted by Crippen LogP contribution is 2.47. The molecule has 12 nitrogen and oxygen atoms in total. The molecule has 0 amide bonds. The minimum absolute atomic E-state index is 0.00906. The molecule has 0 aromatic heterocycles. The number of hydrogen-bond donors (Lipinski definition) is 2. The molecule has 0 saturated carbocycles. The number of ether oxygens (including phenoxy) is 9. The summed E-state index contributed by atoms with van der Waals surface area (Å²) in [5.74, 6) is 2.32. The Bertz CT molecular complexity index is 2990. The molecule has 0 saturated heterocycles. The van der Waals surface area contributed by atoms with Crippen LogP contribution >= 0.6 is 0 Å². The number of phenols is 2. The maximum Gasteiger partial charge on any atom is 0.511 e. The first-order valence-corrected chi connectivity index (χ1v) is 28.2. The second-order valence-corrected chi connectivity index (χ2v) is 20.2. The van der Waals surface area contributed by atoms with E-state index in [1.165, 1.54) is 0 Å². The van der Waals surface area contributed by atoms with E-state index in [9.17, 15) is 15.0 Å². The molecule has 0 aliphatic carbocycles. The van der Waals surface area contributed by atoms with E-state index in [1.54, 1.807) is 21.1 Å². The number of hydrogen-bond acceptors (Lipinski definition) is 12. The van der Waals surface area contributed by atoms with Gasteiger partial charge in [-0.2, -0.15) is 0 Å². The van der Waals surface area contributed by atoms with Gasteiger partial charge in [0, 0.05) is 14.2 Å². The van der Waals surface area contributed by atoms with Crippen molar-refractivity contribution in [3.8, 4) is 67.9 Å². The molecule has 12 heteroatoms. The summed E-state index contributed by atoms with van der Waals surface area (Å²) in [4.78, 5) is 12.2. The molecule has 0 aliphatic rings. The first-order valence-electron chi connectivity index (χ1n) is 28.2. The van der Waals surface area contributed by atoms with Gasteiger partial charge in [0.1, 0.15) is 41.1 Å². The summed E-state index contributed by atoms with van der Waals surface area (Å²) in [5.41, 5.74) is 13.4. The number of methoxy groups -OCH3 is 2. The van der Waals surface area contributed by atoms with Crippen molar-refractivity contribution in [2.75, 3.05) is 54.4 Å². The van der Waals surface area contributed by atoms with Crippen LogP contribution in [-0.2, 0) is 56.0 Å². The van der Waals surface area contributed by atoms with Crippen molar-refractivity contribution < 1.29 is 57.6 Å². The van der Waals surface area contributed by atoms with Crippen LogP contribution in [0, 0.1) is 6.92 Å². The quantitative estimate of drug-likeness (QED) is 0.0226. The lowest BCUT2D eigenvalue weighted by atomic mass is 9.88. The molecule has 6 aromatic carbocycles. The van der Waals surface area contributed by atoms with Crippen molar-refractivity contribution in [3.05, 3.63) is 155 Å². The Labute approximate surface area is 475 Å². The smallest absolute Gasteiger partial charge is 0.507 e. The predicted octanol–water partition coefficient (Wildman–Crippen LogP) is 16.6. The number of unbranched alkanes of at least 4 members (excludes halogenated alkanes) is 4. The highest BCUT2D eigenvalue weighted by Gasteiger charge is 2.23. The van der Waals surface area contributed by atoms with Crippen LogP contribution in [0.15, 0.2) is 110 Å². The van der Waals surface area contributed by atoms with Crippen molar-refractivity contribution >= 4 is 17.3 Å². The summed E-state index contributed by atoms with van der Waals surface area (Å²) in [6.45, 7) is 21.9. The van der Waals surface area contributed by atoms with Gasteiger partial charge >= 0.3 is 6.16 Å². The molecule has 0 heterocycles. The Hall–Kier alpha value is -7.25. The number of carbonyl (C=O) groups is 1. The Kier molecular flexibility index (Phi) is 24.9. The van der Waals surface area contributed by atoms with E-state index in [1.807, 2.05) is 86.6 Å². The minimum Gasteiger partial charge on any atom is -0.507 e. The lowest BCUT2D eigenvalue weighted by Gasteiger charge is -2.21. The number of aromatic hydroxyl groups is 2. The molecule has 6 rings (SSSR count). The summed E-state index contributed by atoms with van der Waals surface area (Å²) in [7, 11) is 3.20. The third-order valence-electron chi connectivity index (χ3n) is 13.8. The van der Waals surface area contributed by atoms with Crippen LogP contribution in [0.3, 0.4) is 0 Å². The molecular formula is C68H84O12. The molecule has 0 spiro atoms. The van der Waals surface area contributed by atoms with E-state index in [-0.39, 0.29) is 45.1 Å². The topological polar surface area (TPSA) is 141 Å². The maximum absolute atomic E-state index is 12.2. The van der Waals surface area contributed by atoms with Crippen molar-refractivity contribution in [2.24, 2.45) is 0 Å². The van der Waals surface area contributed by atoms with Crippen LogP contribution in [0.25, 0.3) is 44.5 Å². The SMILES string of the molecule is C=C(C)c1ccc(CCC(=C)c2ccc(COc3cc(CCC)cc(OCOC(=O)OCC)c3-c3cccc(C)c3)cc2-c2c(O)cc(CCCCC)cc2OCOC)cc1-c1c(O)cc(CCCCC)cc1OCOCCOC. The lowest BCUT2D eigenvalue weighted by Crippen LogP contribution is -2.12. The fraction of sp³-hybridized carbons (Fsp3) is 0.397. The molecule has 0 fully saturated rings. The van der Waals surface area contributed by atoms with E-state index in [0.717, 1.165) is 137 Å². The normalized spacial score (nSPS) is 11.1. The maximum atomic E-state index is 12.2. The number of phenolic OH excluding ortho intramolecular Hbond substituents is 2. The summed E-state index contributed by atoms with van der Waals surface area (Å²) in [5, 5.41) is 24.0. The average molecular weight is 1090 g/mol. The number of carbonyl (C=O) groups excluding carboxylic acids is 1. The molecule has 428 valence electrons. The van der Waals surface area contributed by atoms with Gasteiger partial charge in [0.15, 0.2) is 13.6 Å². The molecule has 0 aliphatic heterocycles. The number of benzene rings is 6. The number of rotatable bonds is 34.